The van der Waals surface area contributed by atoms with Crippen molar-refractivity contribution < 1.29 is 0 Å². The number of nitrogens with zero attached hydrogens (tertiary/aromatic N) is 1. The van der Waals surface area contributed by atoms with E-state index in [4.69, 9.17) is 5.41 Å². The van der Waals surface area contributed by atoms with Crippen LogP contribution >= 0.6 is 0 Å². The molecule has 0 atom stereocenters. The highest BCUT2D eigenvalue weighted by atomic mass is 15.1. The van der Waals surface area contributed by atoms with Gasteiger partial charge >= 0.3 is 0 Å². The van der Waals surface area contributed by atoms with Crippen LogP contribution < -0.4 is 4.90 Å². The van der Waals surface area contributed by atoms with Gasteiger partial charge < -0.3 is 10.3 Å². The zero-order valence-corrected chi connectivity index (χ0v) is 32.6. The van der Waals surface area contributed by atoms with Crippen LogP contribution in [0.4, 0.5) is 11.4 Å². The maximum Gasteiger partial charge on any atom is 0.0461 e. The standard InChI is InChI=1S/C57H40N2/c58-37-42-19-10-11-22-46(42)38-27-31-44(32-28-38)59(43-20-8-3-9-21-43)45-33-29-39(30-34-45)47-35-36-52-55-48(47)25-14-26-51(55)56-53(40-15-4-1-5-16-40)49-23-12-13-24-50(49)54(57(52)56)41-17-6-2-7-18-41/h1-2,4-8,10-37,58H,3,9H2. The Labute approximate surface area is 345 Å². The van der Waals surface area contributed by atoms with E-state index < -0.39 is 0 Å². The van der Waals surface area contributed by atoms with Crippen molar-refractivity contribution in [3.63, 3.8) is 0 Å². The zero-order valence-electron chi connectivity index (χ0n) is 32.6. The topological polar surface area (TPSA) is 27.1 Å². The highest BCUT2D eigenvalue weighted by Gasteiger charge is 2.31. The lowest BCUT2D eigenvalue weighted by Crippen LogP contribution is -2.16. The third-order valence-corrected chi connectivity index (χ3v) is 12.1. The number of fused-ring (bicyclic) bond motifs is 4. The van der Waals surface area contributed by atoms with Gasteiger partial charge in [-0.05, 0) is 137 Å². The first kappa shape index (κ1) is 34.7. The van der Waals surface area contributed by atoms with Gasteiger partial charge in [-0.15, -0.1) is 0 Å². The molecule has 0 saturated heterocycles. The molecule has 2 nitrogen and oxygen atoms in total. The molecule has 0 spiro atoms. The van der Waals surface area contributed by atoms with E-state index >= 15 is 0 Å². The van der Waals surface area contributed by atoms with Crippen LogP contribution in [0.5, 0.6) is 0 Å². The van der Waals surface area contributed by atoms with Gasteiger partial charge in [0.15, 0.2) is 0 Å². The van der Waals surface area contributed by atoms with Crippen LogP contribution in [0.2, 0.25) is 0 Å². The largest absolute Gasteiger partial charge is 0.311 e. The van der Waals surface area contributed by atoms with Crippen molar-refractivity contribution in [3.8, 4) is 66.8 Å². The van der Waals surface area contributed by atoms with Gasteiger partial charge in [0.1, 0.15) is 0 Å². The van der Waals surface area contributed by atoms with Crippen LogP contribution in [-0.4, -0.2) is 6.21 Å². The van der Waals surface area contributed by atoms with Crippen LogP contribution in [0.1, 0.15) is 18.4 Å². The summed E-state index contributed by atoms with van der Waals surface area (Å²) < 4.78 is 0. The summed E-state index contributed by atoms with van der Waals surface area (Å²) in [5, 5.41) is 13.1. The molecule has 0 unspecified atom stereocenters. The Morgan fingerprint density at radius 2 is 0.898 bits per heavy atom. The fourth-order valence-corrected chi connectivity index (χ4v) is 9.54. The highest BCUT2D eigenvalue weighted by molar-refractivity contribution is 6.28. The van der Waals surface area contributed by atoms with E-state index in [1.807, 2.05) is 18.2 Å². The molecule has 0 heterocycles. The van der Waals surface area contributed by atoms with Crippen molar-refractivity contribution in [2.75, 3.05) is 4.90 Å². The van der Waals surface area contributed by atoms with E-state index in [2.05, 4.69) is 193 Å². The summed E-state index contributed by atoms with van der Waals surface area (Å²) in [6.07, 6.45) is 10.4. The van der Waals surface area contributed by atoms with Crippen LogP contribution in [0.3, 0.4) is 0 Å². The molecule has 2 aliphatic carbocycles. The molecule has 0 bridgehead atoms. The second-order valence-electron chi connectivity index (χ2n) is 15.4. The number of hydrogen-bond donors (Lipinski definition) is 1. The molecule has 0 aromatic heterocycles. The molecule has 0 fully saturated rings. The Morgan fingerprint density at radius 3 is 1.49 bits per heavy atom. The van der Waals surface area contributed by atoms with Crippen LogP contribution in [0, 0.1) is 5.41 Å². The van der Waals surface area contributed by atoms with Crippen LogP contribution in [0.25, 0.3) is 88.3 Å². The van der Waals surface area contributed by atoms with E-state index in [0.29, 0.717) is 0 Å². The Morgan fingerprint density at radius 1 is 0.390 bits per heavy atom. The van der Waals surface area contributed by atoms with E-state index in [0.717, 1.165) is 40.9 Å². The molecule has 9 aromatic rings. The van der Waals surface area contributed by atoms with E-state index in [-0.39, 0.29) is 0 Å². The number of hydrogen-bond acceptors (Lipinski definition) is 2. The van der Waals surface area contributed by atoms with Crippen molar-refractivity contribution in [1.29, 1.82) is 5.41 Å². The first-order chi connectivity index (χ1) is 29.3. The third kappa shape index (κ3) is 5.76. The van der Waals surface area contributed by atoms with E-state index in [1.165, 1.54) is 89.1 Å². The molecule has 2 aliphatic rings. The Kier molecular flexibility index (Phi) is 8.48. The second-order valence-corrected chi connectivity index (χ2v) is 15.4. The lowest BCUT2D eigenvalue weighted by atomic mass is 9.82. The number of rotatable bonds is 8. The average molecular weight is 753 g/mol. The third-order valence-electron chi connectivity index (χ3n) is 12.1. The lowest BCUT2D eigenvalue weighted by molar-refractivity contribution is 0.997. The summed E-state index contributed by atoms with van der Waals surface area (Å²) >= 11 is 0. The van der Waals surface area contributed by atoms with Gasteiger partial charge in [0.25, 0.3) is 0 Å². The van der Waals surface area contributed by atoms with Crippen molar-refractivity contribution in [3.05, 3.63) is 218 Å². The highest BCUT2D eigenvalue weighted by Crippen LogP contribution is 2.58. The first-order valence-corrected chi connectivity index (χ1v) is 20.5. The van der Waals surface area contributed by atoms with Gasteiger partial charge in [0, 0.05) is 23.3 Å². The molecule has 0 amide bonds. The van der Waals surface area contributed by atoms with Gasteiger partial charge in [-0.25, -0.2) is 0 Å². The summed E-state index contributed by atoms with van der Waals surface area (Å²) in [5.74, 6) is 0. The molecular formula is C57H40N2. The number of nitrogens with one attached hydrogen (secondary N) is 1. The van der Waals surface area contributed by atoms with Gasteiger partial charge in [0.05, 0.1) is 0 Å². The average Bonchev–Trinajstić information content (AvgIpc) is 3.64. The maximum atomic E-state index is 7.93. The summed E-state index contributed by atoms with van der Waals surface area (Å²) in [4.78, 5) is 2.36. The van der Waals surface area contributed by atoms with Crippen molar-refractivity contribution in [1.82, 2.24) is 0 Å². The SMILES string of the molecule is N=Cc1ccccc1-c1ccc(N(C2=CCCC=C2)c2ccc(-c3ccc4c5c(cccc35)-c3c-4c(-c4ccccc4)c4ccccc4c3-c3ccccc3)cc2)cc1. The fraction of sp³-hybridized carbons (Fsp3) is 0.0351. The molecule has 0 saturated carbocycles. The molecule has 59 heavy (non-hydrogen) atoms. The molecule has 278 valence electrons. The van der Waals surface area contributed by atoms with E-state index in [9.17, 15) is 0 Å². The van der Waals surface area contributed by atoms with Crippen molar-refractivity contribution in [2.24, 2.45) is 0 Å². The molecule has 1 N–H and O–H groups in total. The fourth-order valence-electron chi connectivity index (χ4n) is 9.54. The van der Waals surface area contributed by atoms with Gasteiger partial charge in [-0.2, -0.15) is 0 Å². The van der Waals surface area contributed by atoms with Crippen molar-refractivity contribution >= 4 is 39.1 Å². The Hall–Kier alpha value is -7.55. The van der Waals surface area contributed by atoms with Crippen LogP contribution in [-0.2, 0) is 0 Å². The van der Waals surface area contributed by atoms with Crippen molar-refractivity contribution in [2.45, 2.75) is 12.8 Å². The van der Waals surface area contributed by atoms with E-state index in [1.54, 1.807) is 0 Å². The maximum absolute atomic E-state index is 7.93. The van der Waals surface area contributed by atoms with Gasteiger partial charge in [0.2, 0.25) is 0 Å². The molecule has 9 aromatic carbocycles. The molecule has 0 radical (unpaired) electrons. The molecule has 0 aliphatic heterocycles. The van der Waals surface area contributed by atoms with Gasteiger partial charge in [-0.1, -0.05) is 176 Å². The number of allylic oxidation sites excluding steroid dienone is 3. The predicted molar refractivity (Wildman–Crippen MR) is 251 cm³/mol. The van der Waals surface area contributed by atoms with Gasteiger partial charge in [-0.3, -0.25) is 0 Å². The minimum Gasteiger partial charge on any atom is -0.311 e. The monoisotopic (exact) mass is 752 g/mol. The number of benzene rings is 9. The minimum absolute atomic E-state index is 0.916. The Balaban J connectivity index is 1.05. The zero-order chi connectivity index (χ0) is 39.3. The summed E-state index contributed by atoms with van der Waals surface area (Å²) in [5.41, 5.74) is 19.2. The summed E-state index contributed by atoms with van der Waals surface area (Å²) in [7, 11) is 0. The summed E-state index contributed by atoms with van der Waals surface area (Å²) in [6, 6.07) is 68.4. The Bertz CT molecular complexity index is 3040. The second kappa shape index (κ2) is 14.4. The van der Waals surface area contributed by atoms with Crippen LogP contribution in [0.15, 0.2) is 212 Å². The lowest BCUT2D eigenvalue weighted by Gasteiger charge is -2.28. The number of anilines is 2. The normalized spacial score (nSPS) is 12.7. The quantitative estimate of drug-likeness (QED) is 0.154. The molecule has 2 heteroatoms. The first-order valence-electron chi connectivity index (χ1n) is 20.5. The summed E-state index contributed by atoms with van der Waals surface area (Å²) in [6.45, 7) is 0. The predicted octanol–water partition coefficient (Wildman–Crippen LogP) is 15.7. The smallest absolute Gasteiger partial charge is 0.0461 e. The molecule has 11 rings (SSSR count). The molecular weight excluding hydrogens is 713 g/mol. The minimum atomic E-state index is 0.916.